The summed E-state index contributed by atoms with van der Waals surface area (Å²) in [6.45, 7) is 7.37. The van der Waals surface area contributed by atoms with E-state index >= 15 is 0 Å². The summed E-state index contributed by atoms with van der Waals surface area (Å²) in [6, 6.07) is 10.7. The Morgan fingerprint density at radius 3 is 2.46 bits per heavy atom. The van der Waals surface area contributed by atoms with E-state index in [1.165, 1.54) is 0 Å². The molecule has 1 amide bonds. The third kappa shape index (κ3) is 6.11. The molecule has 0 bridgehead atoms. The molecule has 0 radical (unpaired) electrons. The van der Waals surface area contributed by atoms with E-state index in [0.717, 1.165) is 78.6 Å². The van der Waals surface area contributed by atoms with Gasteiger partial charge in [-0.3, -0.25) is 4.79 Å². The molecule has 41 heavy (non-hydrogen) atoms. The number of hydrogen-bond acceptors (Lipinski definition) is 9. The highest BCUT2D eigenvalue weighted by Crippen LogP contribution is 2.47. The summed E-state index contributed by atoms with van der Waals surface area (Å²) < 4.78 is 29.8. The van der Waals surface area contributed by atoms with Crippen LogP contribution in [0.3, 0.4) is 0 Å². The lowest BCUT2D eigenvalue weighted by Crippen LogP contribution is -2.48. The number of morpholine rings is 1. The van der Waals surface area contributed by atoms with Gasteiger partial charge in [0.05, 0.1) is 40.4 Å². The molecule has 4 aliphatic rings. The number of nitrogens with zero attached hydrogens (tertiary/aromatic N) is 4. The normalized spacial score (nSPS) is 26.7. The molecule has 1 aromatic heterocycles. The van der Waals surface area contributed by atoms with E-state index in [1.54, 1.807) is 11.3 Å². The predicted octanol–water partition coefficient (Wildman–Crippen LogP) is 4.11. The highest BCUT2D eigenvalue weighted by atomic mass is 32.2. The van der Waals surface area contributed by atoms with E-state index in [4.69, 9.17) is 9.72 Å². The Labute approximate surface area is 246 Å². The van der Waals surface area contributed by atoms with E-state index in [9.17, 15) is 18.5 Å². The summed E-state index contributed by atoms with van der Waals surface area (Å²) in [5, 5.41) is 13.6. The molecule has 2 saturated carbocycles. The number of carbonyl (C=O) groups is 1. The van der Waals surface area contributed by atoms with Gasteiger partial charge in [0.1, 0.15) is 5.54 Å². The fraction of sp³-hybridized carbons (Fsp3) is 0.633. The molecule has 2 aromatic rings. The zero-order valence-electron chi connectivity index (χ0n) is 23.9. The molecule has 2 aliphatic heterocycles. The molecule has 2 aliphatic carbocycles. The number of ether oxygens (including phenoxy) is 1. The van der Waals surface area contributed by atoms with Crippen molar-refractivity contribution < 1.29 is 17.9 Å². The van der Waals surface area contributed by atoms with Crippen LogP contribution < -0.4 is 15.1 Å². The van der Waals surface area contributed by atoms with Gasteiger partial charge in [-0.25, -0.2) is 13.4 Å². The van der Waals surface area contributed by atoms with Gasteiger partial charge in [0.2, 0.25) is 5.91 Å². The number of carbonyl (C=O) groups excluding carboxylic acids is 1. The topological polar surface area (TPSA) is 116 Å². The monoisotopic (exact) mass is 597 g/mol. The van der Waals surface area contributed by atoms with Crippen LogP contribution in [0.15, 0.2) is 24.3 Å². The summed E-state index contributed by atoms with van der Waals surface area (Å²) >= 11 is 1.68. The average molecular weight is 598 g/mol. The zero-order valence-corrected chi connectivity index (χ0v) is 25.5. The first-order valence-corrected chi connectivity index (χ1v) is 17.4. The lowest BCUT2D eigenvalue weighted by molar-refractivity contribution is -0.127. The van der Waals surface area contributed by atoms with Crippen LogP contribution in [0.4, 0.5) is 10.8 Å². The molecule has 2 saturated heterocycles. The minimum absolute atomic E-state index is 0.0146. The first kappa shape index (κ1) is 28.4. The summed E-state index contributed by atoms with van der Waals surface area (Å²) in [5.74, 6) is 0.131. The number of amides is 1. The minimum atomic E-state index is -2.94. The Morgan fingerprint density at radius 2 is 1.80 bits per heavy atom. The van der Waals surface area contributed by atoms with E-state index < -0.39 is 15.4 Å². The standard InChI is InChI=1S/C30H39N5O4S2/c1-29(2)20-35(13-16-39-29)28-32-25(23-5-3-4-6-24(23)27(36)33-30(19-31)11-12-30)26(40-28)21-7-9-22(10-8-21)34-14-17-41(37,38)18-15-34/h7-10,23-24H,3-6,11-18,20H2,1-2H3,(H,33,36)/t23-,24-/m1/s1. The van der Waals surface area contributed by atoms with Crippen LogP contribution in [0.5, 0.6) is 0 Å². The number of benzene rings is 1. The third-order valence-corrected chi connectivity index (χ3v) is 11.7. The van der Waals surface area contributed by atoms with Crippen LogP contribution in [0.2, 0.25) is 0 Å². The van der Waals surface area contributed by atoms with Gasteiger partial charge in [0.15, 0.2) is 15.0 Å². The maximum atomic E-state index is 13.5. The molecule has 0 spiro atoms. The van der Waals surface area contributed by atoms with Crippen LogP contribution in [0.25, 0.3) is 10.4 Å². The summed E-state index contributed by atoms with van der Waals surface area (Å²) in [5.41, 5.74) is 2.11. The molecule has 9 nitrogen and oxygen atoms in total. The highest BCUT2D eigenvalue weighted by Gasteiger charge is 2.47. The Morgan fingerprint density at radius 1 is 1.10 bits per heavy atom. The first-order valence-electron chi connectivity index (χ1n) is 14.8. The van der Waals surface area contributed by atoms with Gasteiger partial charge in [0, 0.05) is 43.7 Å². The number of sulfone groups is 1. The SMILES string of the molecule is CC1(C)CN(c2nc([C@@H]3CCCC[C@H]3C(=O)NC3(C#N)CC3)c(-c3ccc(N4CCS(=O)(=O)CC4)cc3)s2)CCO1. The average Bonchev–Trinajstić information content (AvgIpc) is 3.59. The van der Waals surface area contributed by atoms with E-state index in [2.05, 4.69) is 59.3 Å². The summed E-state index contributed by atoms with van der Waals surface area (Å²) in [4.78, 5) is 24.3. The van der Waals surface area contributed by atoms with Crippen molar-refractivity contribution in [3.05, 3.63) is 30.0 Å². The van der Waals surface area contributed by atoms with E-state index in [-0.39, 0.29) is 34.8 Å². The quantitative estimate of drug-likeness (QED) is 0.529. The second kappa shape index (κ2) is 10.9. The van der Waals surface area contributed by atoms with Crippen molar-refractivity contribution in [3.8, 4) is 16.5 Å². The molecule has 2 atom stereocenters. The van der Waals surface area contributed by atoms with Crippen LogP contribution in [-0.2, 0) is 19.4 Å². The molecule has 6 rings (SSSR count). The van der Waals surface area contributed by atoms with Crippen molar-refractivity contribution in [2.24, 2.45) is 5.92 Å². The predicted molar refractivity (Wildman–Crippen MR) is 161 cm³/mol. The van der Waals surface area contributed by atoms with Gasteiger partial charge >= 0.3 is 0 Å². The molecule has 4 fully saturated rings. The van der Waals surface area contributed by atoms with Crippen LogP contribution in [0.1, 0.15) is 64.0 Å². The number of anilines is 2. The largest absolute Gasteiger partial charge is 0.372 e. The number of rotatable bonds is 6. The summed E-state index contributed by atoms with van der Waals surface area (Å²) in [6.07, 6.45) is 5.18. The molecule has 1 aromatic carbocycles. The van der Waals surface area contributed by atoms with Crippen molar-refractivity contribution in [3.63, 3.8) is 0 Å². The zero-order chi connectivity index (χ0) is 28.8. The van der Waals surface area contributed by atoms with Crippen LogP contribution in [-0.4, -0.2) is 74.7 Å². The Bertz CT molecular complexity index is 1430. The maximum absolute atomic E-state index is 13.5. The van der Waals surface area contributed by atoms with Crippen LogP contribution in [0, 0.1) is 17.2 Å². The number of nitrogens with one attached hydrogen (secondary N) is 1. The van der Waals surface area contributed by atoms with Crippen molar-refractivity contribution in [1.82, 2.24) is 10.3 Å². The molecule has 0 unspecified atom stereocenters. The van der Waals surface area contributed by atoms with E-state index in [1.807, 2.05) is 0 Å². The van der Waals surface area contributed by atoms with Crippen molar-refractivity contribution in [1.29, 1.82) is 5.26 Å². The lowest BCUT2D eigenvalue weighted by Gasteiger charge is -2.38. The molecule has 1 N–H and O–H groups in total. The Hall–Kier alpha value is -2.68. The number of hydrogen-bond donors (Lipinski definition) is 1. The number of aromatic nitrogens is 1. The fourth-order valence-electron chi connectivity index (χ4n) is 6.38. The molecular weight excluding hydrogens is 558 g/mol. The van der Waals surface area contributed by atoms with Gasteiger partial charge in [-0.2, -0.15) is 5.26 Å². The maximum Gasteiger partial charge on any atom is 0.225 e. The van der Waals surface area contributed by atoms with Gasteiger partial charge in [-0.05, 0) is 57.2 Å². The minimum Gasteiger partial charge on any atom is -0.372 e. The third-order valence-electron chi connectivity index (χ3n) is 8.96. The van der Waals surface area contributed by atoms with Crippen molar-refractivity contribution in [2.45, 2.75) is 69.4 Å². The van der Waals surface area contributed by atoms with Gasteiger partial charge in [0.25, 0.3) is 0 Å². The second-order valence-electron chi connectivity index (χ2n) is 12.6. The Balaban J connectivity index is 1.33. The lowest BCUT2D eigenvalue weighted by atomic mass is 9.76. The second-order valence-corrected chi connectivity index (χ2v) is 15.9. The van der Waals surface area contributed by atoms with Crippen molar-refractivity contribution >= 4 is 37.9 Å². The molecule has 220 valence electrons. The van der Waals surface area contributed by atoms with E-state index in [0.29, 0.717) is 19.7 Å². The Kier molecular flexibility index (Phi) is 7.54. The molecule has 3 heterocycles. The van der Waals surface area contributed by atoms with Crippen molar-refractivity contribution in [2.75, 3.05) is 54.1 Å². The van der Waals surface area contributed by atoms with Crippen LogP contribution >= 0.6 is 11.3 Å². The number of thiazole rings is 1. The van der Waals surface area contributed by atoms with Gasteiger partial charge in [-0.1, -0.05) is 36.3 Å². The molecule has 11 heteroatoms. The molecular formula is C30H39N5O4S2. The summed E-state index contributed by atoms with van der Waals surface area (Å²) in [7, 11) is -2.94. The first-order chi connectivity index (χ1) is 19.6. The van der Waals surface area contributed by atoms with Gasteiger partial charge < -0.3 is 19.9 Å². The van der Waals surface area contributed by atoms with Gasteiger partial charge in [-0.15, -0.1) is 0 Å². The fourth-order valence-corrected chi connectivity index (χ4v) is 8.75. The highest BCUT2D eigenvalue weighted by molar-refractivity contribution is 7.91. The smallest absolute Gasteiger partial charge is 0.225 e. The number of nitriles is 1.